The zero-order valence-corrected chi connectivity index (χ0v) is 10.3. The number of non-ortho nitro benzene ring substituents is 1. The highest BCUT2D eigenvalue weighted by Crippen LogP contribution is 2.16. The van der Waals surface area contributed by atoms with Crippen molar-refractivity contribution in [2.75, 3.05) is 19.7 Å². The first kappa shape index (κ1) is 14.4. The van der Waals surface area contributed by atoms with Crippen molar-refractivity contribution in [3.8, 4) is 5.75 Å². The summed E-state index contributed by atoms with van der Waals surface area (Å²) in [5, 5.41) is 22.6. The van der Waals surface area contributed by atoms with E-state index in [9.17, 15) is 10.1 Å². The predicted molar refractivity (Wildman–Crippen MR) is 67.8 cm³/mol. The van der Waals surface area contributed by atoms with Crippen LogP contribution in [0.15, 0.2) is 24.3 Å². The minimum absolute atomic E-state index is 0.0532. The van der Waals surface area contributed by atoms with Crippen LogP contribution in [-0.4, -0.2) is 35.8 Å². The molecule has 0 heterocycles. The summed E-state index contributed by atoms with van der Waals surface area (Å²) >= 11 is 0. The molecule has 1 unspecified atom stereocenters. The molecule has 2 N–H and O–H groups in total. The van der Waals surface area contributed by atoms with Crippen molar-refractivity contribution in [1.82, 2.24) is 5.32 Å². The molecule has 0 saturated heterocycles. The number of ether oxygens (including phenoxy) is 1. The summed E-state index contributed by atoms with van der Waals surface area (Å²) in [6.07, 6.45) is 0.408. The van der Waals surface area contributed by atoms with Crippen LogP contribution in [0.4, 0.5) is 5.69 Å². The van der Waals surface area contributed by atoms with Crippen LogP contribution < -0.4 is 10.1 Å². The molecular weight excluding hydrogens is 236 g/mol. The number of nitrogens with zero attached hydrogens (tertiary/aromatic N) is 1. The Morgan fingerprint density at radius 1 is 1.39 bits per heavy atom. The predicted octanol–water partition coefficient (Wildman–Crippen LogP) is 1.33. The standard InChI is InChI=1S/C12H18N2O4/c1-10(15)6-7-13-8-9-18-12-4-2-11(3-5-12)14(16)17/h2-5,10,13,15H,6-9H2,1H3. The summed E-state index contributed by atoms with van der Waals surface area (Å²) in [4.78, 5) is 9.99. The Kier molecular flexibility index (Phi) is 6.10. The van der Waals surface area contributed by atoms with Gasteiger partial charge >= 0.3 is 0 Å². The number of benzene rings is 1. The van der Waals surface area contributed by atoms with Crippen molar-refractivity contribution in [2.45, 2.75) is 19.4 Å². The number of hydrogen-bond acceptors (Lipinski definition) is 5. The number of nitro benzene ring substituents is 1. The van der Waals surface area contributed by atoms with Gasteiger partial charge in [0.1, 0.15) is 12.4 Å². The lowest BCUT2D eigenvalue weighted by Crippen LogP contribution is -2.24. The van der Waals surface area contributed by atoms with Gasteiger partial charge in [0.05, 0.1) is 11.0 Å². The molecule has 6 nitrogen and oxygen atoms in total. The van der Waals surface area contributed by atoms with Gasteiger partial charge in [-0.15, -0.1) is 0 Å². The Balaban J connectivity index is 2.17. The fourth-order valence-corrected chi connectivity index (χ4v) is 1.34. The SMILES string of the molecule is CC(O)CCNCCOc1ccc([N+](=O)[O-])cc1. The van der Waals surface area contributed by atoms with E-state index in [1.54, 1.807) is 19.1 Å². The van der Waals surface area contributed by atoms with Crippen molar-refractivity contribution in [2.24, 2.45) is 0 Å². The highest BCUT2D eigenvalue weighted by Gasteiger charge is 2.03. The van der Waals surface area contributed by atoms with E-state index in [4.69, 9.17) is 9.84 Å². The number of aliphatic hydroxyl groups is 1. The summed E-state index contributed by atoms with van der Waals surface area (Å²) in [7, 11) is 0. The molecule has 0 aliphatic carbocycles. The topological polar surface area (TPSA) is 84.6 Å². The summed E-state index contributed by atoms with van der Waals surface area (Å²) in [6, 6.07) is 5.98. The second-order valence-corrected chi connectivity index (χ2v) is 3.99. The Hall–Kier alpha value is -1.66. The van der Waals surface area contributed by atoms with E-state index in [1.165, 1.54) is 12.1 Å². The van der Waals surface area contributed by atoms with Gasteiger partial charge in [0, 0.05) is 18.7 Å². The molecule has 0 aromatic heterocycles. The third-order valence-electron chi connectivity index (χ3n) is 2.33. The lowest BCUT2D eigenvalue weighted by molar-refractivity contribution is -0.384. The van der Waals surface area contributed by atoms with Gasteiger partial charge in [-0.3, -0.25) is 10.1 Å². The molecule has 0 radical (unpaired) electrons. The second-order valence-electron chi connectivity index (χ2n) is 3.99. The van der Waals surface area contributed by atoms with Crippen LogP contribution in [0, 0.1) is 10.1 Å². The number of hydrogen-bond donors (Lipinski definition) is 2. The molecule has 18 heavy (non-hydrogen) atoms. The number of rotatable bonds is 8. The molecule has 6 heteroatoms. The van der Waals surface area contributed by atoms with E-state index in [2.05, 4.69) is 5.32 Å². The van der Waals surface area contributed by atoms with Crippen LogP contribution in [0.3, 0.4) is 0 Å². The van der Waals surface area contributed by atoms with Gasteiger partial charge in [-0.05, 0) is 32.0 Å². The van der Waals surface area contributed by atoms with Crippen molar-refractivity contribution >= 4 is 5.69 Å². The second kappa shape index (κ2) is 7.62. The smallest absolute Gasteiger partial charge is 0.269 e. The Morgan fingerprint density at radius 3 is 2.61 bits per heavy atom. The highest BCUT2D eigenvalue weighted by molar-refractivity contribution is 5.35. The molecule has 0 fully saturated rings. The molecule has 1 rings (SSSR count). The zero-order chi connectivity index (χ0) is 13.4. The Bertz CT molecular complexity index is 365. The molecular formula is C12H18N2O4. The van der Waals surface area contributed by atoms with Gasteiger partial charge in [-0.2, -0.15) is 0 Å². The maximum absolute atomic E-state index is 10.4. The van der Waals surface area contributed by atoms with Crippen LogP contribution in [0.5, 0.6) is 5.75 Å². The molecule has 0 spiro atoms. The number of aliphatic hydroxyl groups excluding tert-OH is 1. The fourth-order valence-electron chi connectivity index (χ4n) is 1.34. The normalized spacial score (nSPS) is 12.1. The first-order chi connectivity index (χ1) is 8.59. The maximum Gasteiger partial charge on any atom is 0.269 e. The van der Waals surface area contributed by atoms with E-state index >= 15 is 0 Å². The van der Waals surface area contributed by atoms with Gasteiger partial charge in [0.2, 0.25) is 0 Å². The van der Waals surface area contributed by atoms with Gasteiger partial charge in [-0.1, -0.05) is 0 Å². The largest absolute Gasteiger partial charge is 0.492 e. The average Bonchev–Trinajstić information content (AvgIpc) is 2.34. The van der Waals surface area contributed by atoms with Crippen LogP contribution in [0.2, 0.25) is 0 Å². The number of nitro groups is 1. The molecule has 0 aliphatic heterocycles. The van der Waals surface area contributed by atoms with E-state index in [1.807, 2.05) is 0 Å². The molecule has 0 aliphatic rings. The molecule has 0 saturated carbocycles. The third-order valence-corrected chi connectivity index (χ3v) is 2.33. The first-order valence-electron chi connectivity index (χ1n) is 5.85. The maximum atomic E-state index is 10.4. The minimum Gasteiger partial charge on any atom is -0.492 e. The summed E-state index contributed by atoms with van der Waals surface area (Å²) in [5.41, 5.74) is 0.0532. The van der Waals surface area contributed by atoms with Gasteiger partial charge in [0.15, 0.2) is 0 Å². The van der Waals surface area contributed by atoms with Crippen molar-refractivity contribution < 1.29 is 14.8 Å². The van der Waals surface area contributed by atoms with Gasteiger partial charge in [-0.25, -0.2) is 0 Å². The van der Waals surface area contributed by atoms with E-state index in [-0.39, 0.29) is 11.8 Å². The van der Waals surface area contributed by atoms with Crippen LogP contribution in [-0.2, 0) is 0 Å². The monoisotopic (exact) mass is 254 g/mol. The Labute approximate surface area is 106 Å². The molecule has 100 valence electrons. The van der Waals surface area contributed by atoms with Crippen LogP contribution >= 0.6 is 0 Å². The van der Waals surface area contributed by atoms with Gasteiger partial charge < -0.3 is 15.2 Å². The fraction of sp³-hybridized carbons (Fsp3) is 0.500. The van der Waals surface area contributed by atoms with E-state index < -0.39 is 4.92 Å². The van der Waals surface area contributed by atoms with Crippen molar-refractivity contribution in [3.63, 3.8) is 0 Å². The summed E-state index contributed by atoms with van der Waals surface area (Å²) < 4.78 is 5.40. The van der Waals surface area contributed by atoms with Gasteiger partial charge in [0.25, 0.3) is 5.69 Å². The quantitative estimate of drug-likeness (QED) is 0.415. The summed E-state index contributed by atoms with van der Waals surface area (Å²) in [6.45, 7) is 3.64. The van der Waals surface area contributed by atoms with E-state index in [0.29, 0.717) is 25.3 Å². The van der Waals surface area contributed by atoms with Crippen molar-refractivity contribution in [3.05, 3.63) is 34.4 Å². The average molecular weight is 254 g/mol. The minimum atomic E-state index is -0.443. The van der Waals surface area contributed by atoms with Crippen LogP contribution in [0.1, 0.15) is 13.3 Å². The molecule has 1 aromatic carbocycles. The lowest BCUT2D eigenvalue weighted by atomic mass is 10.3. The van der Waals surface area contributed by atoms with E-state index in [0.717, 1.165) is 6.54 Å². The van der Waals surface area contributed by atoms with Crippen LogP contribution in [0.25, 0.3) is 0 Å². The lowest BCUT2D eigenvalue weighted by Gasteiger charge is -2.08. The third kappa shape index (κ3) is 5.60. The molecule has 0 bridgehead atoms. The molecule has 1 atom stereocenters. The molecule has 1 aromatic rings. The highest BCUT2D eigenvalue weighted by atomic mass is 16.6. The Morgan fingerprint density at radius 2 is 2.06 bits per heavy atom. The summed E-state index contributed by atoms with van der Waals surface area (Å²) in [5.74, 6) is 0.609. The first-order valence-corrected chi connectivity index (χ1v) is 5.85. The molecule has 0 amide bonds. The number of nitrogens with one attached hydrogen (secondary N) is 1. The van der Waals surface area contributed by atoms with Crippen molar-refractivity contribution in [1.29, 1.82) is 0 Å². The zero-order valence-electron chi connectivity index (χ0n) is 10.3.